The lowest BCUT2D eigenvalue weighted by atomic mass is 9.91. The molecule has 0 saturated heterocycles. The van der Waals surface area contributed by atoms with E-state index in [4.69, 9.17) is 9.84 Å². The Bertz CT molecular complexity index is 706. The summed E-state index contributed by atoms with van der Waals surface area (Å²) in [5.41, 5.74) is 5.30. The summed E-state index contributed by atoms with van der Waals surface area (Å²) in [5, 5.41) is 9.12. The smallest absolute Gasteiger partial charge is 0.134 e. The fourth-order valence-corrected chi connectivity index (χ4v) is 3.79. The number of fused-ring (bicyclic) bond motifs is 4. The molecule has 24 heavy (non-hydrogen) atoms. The van der Waals surface area contributed by atoms with E-state index in [0.29, 0.717) is 0 Å². The Morgan fingerprint density at radius 3 is 1.92 bits per heavy atom. The zero-order valence-electron chi connectivity index (χ0n) is 13.9. The lowest BCUT2D eigenvalue weighted by Gasteiger charge is -2.20. The summed E-state index contributed by atoms with van der Waals surface area (Å²) >= 11 is 0. The van der Waals surface area contributed by atoms with Crippen molar-refractivity contribution in [1.29, 1.82) is 0 Å². The quantitative estimate of drug-likeness (QED) is 0.920. The van der Waals surface area contributed by atoms with Crippen LogP contribution in [-0.4, -0.2) is 36.2 Å². The molecule has 0 atom stereocenters. The Hall–Kier alpha value is -2.10. The Balaban J connectivity index is 1.77. The van der Waals surface area contributed by atoms with Gasteiger partial charge in [0.2, 0.25) is 0 Å². The Labute approximate surface area is 143 Å². The minimum absolute atomic E-state index is 0.267. The second-order valence-corrected chi connectivity index (χ2v) is 6.47. The highest BCUT2D eigenvalue weighted by atomic mass is 16.5. The van der Waals surface area contributed by atoms with Gasteiger partial charge in [-0.05, 0) is 42.5 Å². The molecule has 0 amide bonds. The van der Waals surface area contributed by atoms with E-state index >= 15 is 0 Å². The topological polar surface area (TPSA) is 32.7 Å². The summed E-state index contributed by atoms with van der Waals surface area (Å²) in [5.74, 6) is 1.91. The van der Waals surface area contributed by atoms with Gasteiger partial charge in [-0.1, -0.05) is 36.4 Å². The molecule has 0 aliphatic carbocycles. The van der Waals surface area contributed by atoms with Crippen LogP contribution in [0.1, 0.15) is 30.4 Å². The Morgan fingerprint density at radius 1 is 0.833 bits per heavy atom. The molecule has 3 nitrogen and oxygen atoms in total. The lowest BCUT2D eigenvalue weighted by Crippen LogP contribution is -2.26. The summed E-state index contributed by atoms with van der Waals surface area (Å²) in [7, 11) is 0. The molecule has 2 heterocycles. The maximum Gasteiger partial charge on any atom is 0.134 e. The summed E-state index contributed by atoms with van der Waals surface area (Å²) in [6, 6.07) is 16.8. The first-order valence-corrected chi connectivity index (χ1v) is 8.78. The van der Waals surface area contributed by atoms with Crippen LogP contribution in [0.4, 0.5) is 0 Å². The molecule has 0 spiro atoms. The predicted octanol–water partition coefficient (Wildman–Crippen LogP) is 4.18. The van der Waals surface area contributed by atoms with Crippen LogP contribution in [0, 0.1) is 0 Å². The van der Waals surface area contributed by atoms with E-state index in [1.165, 1.54) is 22.3 Å². The van der Waals surface area contributed by atoms with Gasteiger partial charge in [-0.2, -0.15) is 0 Å². The van der Waals surface area contributed by atoms with Gasteiger partial charge in [0.05, 0.1) is 0 Å². The van der Waals surface area contributed by atoms with Gasteiger partial charge < -0.3 is 14.7 Å². The highest BCUT2D eigenvalue weighted by Crippen LogP contribution is 2.45. The van der Waals surface area contributed by atoms with Gasteiger partial charge in [0.25, 0.3) is 0 Å². The van der Waals surface area contributed by atoms with Crippen molar-refractivity contribution in [1.82, 2.24) is 4.90 Å². The van der Waals surface area contributed by atoms with Gasteiger partial charge in [0.15, 0.2) is 0 Å². The van der Waals surface area contributed by atoms with Gasteiger partial charge in [-0.25, -0.2) is 0 Å². The van der Waals surface area contributed by atoms with E-state index in [2.05, 4.69) is 41.3 Å². The van der Waals surface area contributed by atoms with E-state index < -0.39 is 0 Å². The van der Waals surface area contributed by atoms with E-state index in [-0.39, 0.29) is 6.61 Å². The fourth-order valence-electron chi connectivity index (χ4n) is 3.79. The van der Waals surface area contributed by atoms with E-state index in [0.717, 1.165) is 50.4 Å². The first-order valence-electron chi connectivity index (χ1n) is 8.78. The van der Waals surface area contributed by atoms with Gasteiger partial charge in [-0.15, -0.1) is 0 Å². The van der Waals surface area contributed by atoms with Crippen LogP contribution in [0.3, 0.4) is 0 Å². The molecule has 1 N–H and O–H groups in total. The number of para-hydroxylation sites is 2. The molecule has 0 bridgehead atoms. The lowest BCUT2D eigenvalue weighted by molar-refractivity contribution is 0.231. The molecule has 0 aromatic heterocycles. The standard InChI is InChI=1S/C21H23NO2/c23-15-5-12-22-13-10-16-17(11-14-22)19-7-2-4-9-21(19)24-20-8-3-1-6-18(16)20/h1-4,6-9,23H,5,10-15H2. The number of hydrogen-bond donors (Lipinski definition) is 1. The zero-order chi connectivity index (χ0) is 16.4. The molecule has 2 aromatic rings. The number of rotatable bonds is 3. The summed E-state index contributed by atoms with van der Waals surface area (Å²) < 4.78 is 6.24. The number of ether oxygens (including phenoxy) is 1. The first-order chi connectivity index (χ1) is 11.9. The van der Waals surface area contributed by atoms with Gasteiger partial charge in [0.1, 0.15) is 11.5 Å². The molecule has 2 aliphatic rings. The van der Waals surface area contributed by atoms with E-state index in [1.54, 1.807) is 0 Å². The van der Waals surface area contributed by atoms with Crippen molar-refractivity contribution in [3.05, 3.63) is 59.7 Å². The predicted molar refractivity (Wildman–Crippen MR) is 97.1 cm³/mol. The second-order valence-electron chi connectivity index (χ2n) is 6.47. The molecule has 2 aliphatic heterocycles. The molecule has 0 fully saturated rings. The average Bonchev–Trinajstić information content (AvgIpc) is 2.90. The van der Waals surface area contributed by atoms with Crippen LogP contribution in [0.5, 0.6) is 11.5 Å². The largest absolute Gasteiger partial charge is 0.456 e. The minimum atomic E-state index is 0.267. The second kappa shape index (κ2) is 6.80. The van der Waals surface area contributed by atoms with E-state index in [1.807, 2.05) is 12.1 Å². The first kappa shape index (κ1) is 15.4. The maximum absolute atomic E-state index is 9.12. The molecular weight excluding hydrogens is 298 g/mol. The van der Waals surface area contributed by atoms with Crippen LogP contribution in [0.15, 0.2) is 48.5 Å². The van der Waals surface area contributed by atoms with Gasteiger partial charge in [0, 0.05) is 37.4 Å². The number of nitrogens with zero attached hydrogens (tertiary/aromatic N) is 1. The third-order valence-corrected chi connectivity index (χ3v) is 5.00. The summed E-state index contributed by atoms with van der Waals surface area (Å²) in [6.45, 7) is 3.31. The highest BCUT2D eigenvalue weighted by molar-refractivity contribution is 5.95. The van der Waals surface area contributed by atoms with Gasteiger partial charge in [-0.3, -0.25) is 0 Å². The minimum Gasteiger partial charge on any atom is -0.456 e. The highest BCUT2D eigenvalue weighted by Gasteiger charge is 2.25. The number of aliphatic hydroxyl groups excluding tert-OH is 1. The van der Waals surface area contributed by atoms with Gasteiger partial charge >= 0.3 is 0 Å². The molecule has 2 aromatic carbocycles. The van der Waals surface area contributed by atoms with Crippen molar-refractivity contribution >= 4 is 11.1 Å². The van der Waals surface area contributed by atoms with Crippen molar-refractivity contribution in [2.24, 2.45) is 0 Å². The third-order valence-electron chi connectivity index (χ3n) is 5.00. The van der Waals surface area contributed by atoms with Crippen LogP contribution < -0.4 is 4.74 Å². The van der Waals surface area contributed by atoms with Crippen molar-refractivity contribution < 1.29 is 9.84 Å². The molecule has 4 rings (SSSR count). The van der Waals surface area contributed by atoms with Crippen LogP contribution in [0.25, 0.3) is 11.1 Å². The van der Waals surface area contributed by atoms with Crippen LogP contribution >= 0.6 is 0 Å². The number of hydrogen-bond acceptors (Lipinski definition) is 3. The van der Waals surface area contributed by atoms with Crippen molar-refractivity contribution in [2.45, 2.75) is 19.3 Å². The average molecular weight is 321 g/mol. The third kappa shape index (κ3) is 2.85. The van der Waals surface area contributed by atoms with E-state index in [9.17, 15) is 0 Å². The SMILES string of the molecule is OCCCN1CCC2=C(CC1)c1ccccc1Oc1ccccc12. The van der Waals surface area contributed by atoms with Crippen molar-refractivity contribution in [3.8, 4) is 11.5 Å². The molecule has 0 saturated carbocycles. The molecule has 0 radical (unpaired) electrons. The molecule has 3 heteroatoms. The monoisotopic (exact) mass is 321 g/mol. The summed E-state index contributed by atoms with van der Waals surface area (Å²) in [6.07, 6.45) is 2.89. The molecule has 124 valence electrons. The zero-order valence-corrected chi connectivity index (χ0v) is 13.9. The van der Waals surface area contributed by atoms with Crippen LogP contribution in [-0.2, 0) is 0 Å². The van der Waals surface area contributed by atoms with Crippen molar-refractivity contribution in [2.75, 3.05) is 26.2 Å². The fraction of sp³-hybridized carbons (Fsp3) is 0.333. The Kier molecular flexibility index (Phi) is 4.37. The van der Waals surface area contributed by atoms with Crippen LogP contribution in [0.2, 0.25) is 0 Å². The Morgan fingerprint density at radius 2 is 1.38 bits per heavy atom. The maximum atomic E-state index is 9.12. The molecular formula is C21H23NO2. The molecule has 0 unspecified atom stereocenters. The normalized spacial score (nSPS) is 17.2. The number of aliphatic hydroxyl groups is 1. The number of benzene rings is 2. The summed E-state index contributed by atoms with van der Waals surface area (Å²) in [4.78, 5) is 2.47. The van der Waals surface area contributed by atoms with Crippen molar-refractivity contribution in [3.63, 3.8) is 0 Å².